The van der Waals surface area contributed by atoms with Gasteiger partial charge in [-0.3, -0.25) is 4.79 Å². The van der Waals surface area contributed by atoms with Gasteiger partial charge >= 0.3 is 5.97 Å². The van der Waals surface area contributed by atoms with Gasteiger partial charge in [-0.05, 0) is 30.2 Å². The molecule has 0 saturated heterocycles. The lowest BCUT2D eigenvalue weighted by Gasteiger charge is -2.18. The van der Waals surface area contributed by atoms with E-state index in [1.54, 1.807) is 0 Å². The highest BCUT2D eigenvalue weighted by atomic mass is 32.2. The van der Waals surface area contributed by atoms with Gasteiger partial charge in [-0.2, -0.15) is 0 Å². The van der Waals surface area contributed by atoms with E-state index in [9.17, 15) is 18.0 Å². The second-order valence-electron chi connectivity index (χ2n) is 7.05. The molecule has 0 heterocycles. The Labute approximate surface area is 183 Å². The number of amides is 1. The molecule has 31 heavy (non-hydrogen) atoms. The topological polar surface area (TPSA) is 102 Å². The van der Waals surface area contributed by atoms with Crippen molar-refractivity contribution in [1.82, 2.24) is 9.62 Å². The minimum absolute atomic E-state index is 0.00203. The molecule has 1 unspecified atom stereocenters. The van der Waals surface area contributed by atoms with Gasteiger partial charge in [-0.1, -0.05) is 43.7 Å². The smallest absolute Gasteiger partial charge is 0.338 e. The summed E-state index contributed by atoms with van der Waals surface area (Å²) < 4.78 is 36.2. The Hall–Kier alpha value is -2.91. The van der Waals surface area contributed by atoms with Crippen LogP contribution in [0.1, 0.15) is 41.7 Å². The van der Waals surface area contributed by atoms with Crippen molar-refractivity contribution < 1.29 is 27.5 Å². The van der Waals surface area contributed by atoms with Crippen LogP contribution in [0.5, 0.6) is 5.75 Å². The molecule has 168 valence electrons. The first kappa shape index (κ1) is 24.4. The average molecular weight is 449 g/mol. The molecule has 9 heteroatoms. The van der Waals surface area contributed by atoms with Crippen LogP contribution in [0.25, 0.3) is 0 Å². The molecular weight excluding hydrogens is 420 g/mol. The van der Waals surface area contributed by atoms with Crippen molar-refractivity contribution in [2.45, 2.75) is 30.7 Å². The van der Waals surface area contributed by atoms with Crippen LogP contribution in [0.3, 0.4) is 0 Å². The number of hydrogen-bond acceptors (Lipinski definition) is 6. The molecule has 0 saturated carbocycles. The molecule has 2 rings (SSSR count). The molecule has 0 aliphatic heterocycles. The van der Waals surface area contributed by atoms with Crippen molar-refractivity contribution in [3.05, 3.63) is 59.7 Å². The van der Waals surface area contributed by atoms with Gasteiger partial charge in [0.15, 0.2) is 6.61 Å². The summed E-state index contributed by atoms with van der Waals surface area (Å²) in [6.07, 6.45) is 1.61. The van der Waals surface area contributed by atoms with E-state index >= 15 is 0 Å². The number of hydrogen-bond donors (Lipinski definition) is 1. The Balaban J connectivity index is 2.09. The van der Waals surface area contributed by atoms with Crippen molar-refractivity contribution in [3.63, 3.8) is 0 Å². The monoisotopic (exact) mass is 448 g/mol. The number of nitrogens with one attached hydrogen (secondary N) is 1. The van der Waals surface area contributed by atoms with Gasteiger partial charge in [0.05, 0.1) is 18.7 Å². The third kappa shape index (κ3) is 6.28. The van der Waals surface area contributed by atoms with E-state index in [1.807, 2.05) is 37.3 Å². The SMILES string of the molecule is CCCC(NC(=O)COC(=O)c1ccc(OC)c(S(=O)(=O)N(C)C)c1)c1ccccc1. The summed E-state index contributed by atoms with van der Waals surface area (Å²) in [5.74, 6) is -1.14. The zero-order chi connectivity index (χ0) is 23.0. The van der Waals surface area contributed by atoms with Crippen molar-refractivity contribution in [3.8, 4) is 5.75 Å². The first-order valence-corrected chi connectivity index (χ1v) is 11.3. The third-order valence-electron chi connectivity index (χ3n) is 4.61. The van der Waals surface area contributed by atoms with E-state index in [4.69, 9.17) is 9.47 Å². The number of benzene rings is 2. The fraction of sp³-hybridized carbons (Fsp3) is 0.364. The molecule has 1 amide bonds. The molecule has 1 atom stereocenters. The Morgan fingerprint density at radius 1 is 1.10 bits per heavy atom. The van der Waals surface area contributed by atoms with E-state index < -0.39 is 28.5 Å². The van der Waals surface area contributed by atoms with Gasteiger partial charge in [-0.25, -0.2) is 17.5 Å². The minimum atomic E-state index is -3.84. The van der Waals surface area contributed by atoms with Crippen LogP contribution in [0.4, 0.5) is 0 Å². The lowest BCUT2D eigenvalue weighted by Crippen LogP contribution is -2.32. The number of carbonyl (C=O) groups is 2. The number of rotatable bonds is 10. The maximum absolute atomic E-state index is 12.5. The second-order valence-corrected chi connectivity index (χ2v) is 9.17. The van der Waals surface area contributed by atoms with Crippen LogP contribution in [0, 0.1) is 0 Å². The van der Waals surface area contributed by atoms with E-state index in [0.717, 1.165) is 22.7 Å². The van der Waals surface area contributed by atoms with Gasteiger partial charge in [-0.15, -0.1) is 0 Å². The van der Waals surface area contributed by atoms with E-state index in [2.05, 4.69) is 5.32 Å². The molecule has 0 spiro atoms. The molecule has 2 aromatic rings. The van der Waals surface area contributed by atoms with Gasteiger partial charge in [0.2, 0.25) is 10.0 Å². The van der Waals surface area contributed by atoms with Crippen molar-refractivity contribution in [2.75, 3.05) is 27.8 Å². The number of esters is 1. The van der Waals surface area contributed by atoms with Crippen LogP contribution in [0.2, 0.25) is 0 Å². The lowest BCUT2D eigenvalue weighted by molar-refractivity contribution is -0.125. The fourth-order valence-electron chi connectivity index (χ4n) is 2.95. The molecule has 0 fully saturated rings. The van der Waals surface area contributed by atoms with Crippen LogP contribution in [-0.4, -0.2) is 52.4 Å². The first-order chi connectivity index (χ1) is 14.7. The van der Waals surface area contributed by atoms with Crippen molar-refractivity contribution >= 4 is 21.9 Å². The summed E-state index contributed by atoms with van der Waals surface area (Å²) >= 11 is 0. The first-order valence-electron chi connectivity index (χ1n) is 9.82. The second kappa shape index (κ2) is 10.9. The predicted octanol–water partition coefficient (Wildman–Crippen LogP) is 2.76. The number of sulfonamides is 1. The minimum Gasteiger partial charge on any atom is -0.495 e. The molecule has 0 aliphatic carbocycles. The van der Waals surface area contributed by atoms with E-state index in [-0.39, 0.29) is 22.3 Å². The summed E-state index contributed by atoms with van der Waals surface area (Å²) in [5, 5.41) is 2.87. The Morgan fingerprint density at radius 3 is 2.35 bits per heavy atom. The zero-order valence-electron chi connectivity index (χ0n) is 18.1. The average Bonchev–Trinajstić information content (AvgIpc) is 2.77. The fourth-order valence-corrected chi connectivity index (χ4v) is 4.02. The number of nitrogens with zero attached hydrogens (tertiary/aromatic N) is 1. The maximum Gasteiger partial charge on any atom is 0.338 e. The standard InChI is InChI=1S/C22H28N2O6S/c1-5-9-18(16-10-7-6-8-11-16)23-21(25)15-30-22(26)17-12-13-19(29-4)20(14-17)31(27,28)24(2)3/h6-8,10-14,18H,5,9,15H2,1-4H3,(H,23,25). The van der Waals surface area contributed by atoms with Crippen LogP contribution >= 0.6 is 0 Å². The summed E-state index contributed by atoms with van der Waals surface area (Å²) in [6, 6.07) is 13.3. The molecule has 0 aliphatic rings. The maximum atomic E-state index is 12.5. The molecular formula is C22H28N2O6S. The van der Waals surface area contributed by atoms with E-state index in [1.165, 1.54) is 39.4 Å². The predicted molar refractivity (Wildman–Crippen MR) is 116 cm³/mol. The summed E-state index contributed by atoms with van der Waals surface area (Å²) in [4.78, 5) is 24.6. The normalized spacial score (nSPS) is 12.3. The van der Waals surface area contributed by atoms with Crippen LogP contribution < -0.4 is 10.1 Å². The number of carbonyl (C=O) groups excluding carboxylic acids is 2. The van der Waals surface area contributed by atoms with Gasteiger partial charge < -0.3 is 14.8 Å². The summed E-state index contributed by atoms with van der Waals surface area (Å²) in [7, 11) is 0.258. The third-order valence-corrected chi connectivity index (χ3v) is 6.44. The Bertz CT molecular complexity index is 1010. The van der Waals surface area contributed by atoms with Crippen LogP contribution in [-0.2, 0) is 19.6 Å². The molecule has 1 N–H and O–H groups in total. The highest BCUT2D eigenvalue weighted by Gasteiger charge is 2.24. The van der Waals surface area contributed by atoms with Crippen molar-refractivity contribution in [2.24, 2.45) is 0 Å². The van der Waals surface area contributed by atoms with Gasteiger partial charge in [0, 0.05) is 14.1 Å². The molecule has 0 aromatic heterocycles. The van der Waals surface area contributed by atoms with Gasteiger partial charge in [0.1, 0.15) is 10.6 Å². The molecule has 8 nitrogen and oxygen atoms in total. The molecule has 0 bridgehead atoms. The highest BCUT2D eigenvalue weighted by molar-refractivity contribution is 7.89. The lowest BCUT2D eigenvalue weighted by atomic mass is 10.0. The summed E-state index contributed by atoms with van der Waals surface area (Å²) in [6.45, 7) is 1.54. The number of methoxy groups -OCH3 is 1. The summed E-state index contributed by atoms with van der Waals surface area (Å²) in [5.41, 5.74) is 0.972. The molecule has 2 aromatic carbocycles. The van der Waals surface area contributed by atoms with E-state index in [0.29, 0.717) is 0 Å². The molecule has 0 radical (unpaired) electrons. The zero-order valence-corrected chi connectivity index (χ0v) is 18.9. The van der Waals surface area contributed by atoms with Crippen LogP contribution in [0.15, 0.2) is 53.4 Å². The quantitative estimate of drug-likeness (QED) is 0.561. The number of ether oxygens (including phenoxy) is 2. The Morgan fingerprint density at radius 2 is 1.77 bits per heavy atom. The van der Waals surface area contributed by atoms with Crippen molar-refractivity contribution in [1.29, 1.82) is 0 Å². The largest absolute Gasteiger partial charge is 0.495 e. The highest BCUT2D eigenvalue weighted by Crippen LogP contribution is 2.27. The van der Waals surface area contributed by atoms with Gasteiger partial charge in [0.25, 0.3) is 5.91 Å². The Kier molecular flexibility index (Phi) is 8.58.